The maximum Gasteiger partial charge on any atom is 0.218 e. The van der Waals surface area contributed by atoms with E-state index in [9.17, 15) is 9.18 Å². The fraction of sp³-hybridized carbons (Fsp3) is 0.300. The predicted molar refractivity (Wildman–Crippen MR) is 51.9 cm³/mol. The smallest absolute Gasteiger partial charge is 0.218 e. The molecular formula is C10H13FN2O. The maximum atomic E-state index is 12.7. The second-order valence-corrected chi connectivity index (χ2v) is 3.02. The summed E-state index contributed by atoms with van der Waals surface area (Å²) < 4.78 is 12.7. The maximum absolute atomic E-state index is 12.7. The first-order valence-electron chi connectivity index (χ1n) is 4.42. The summed E-state index contributed by atoms with van der Waals surface area (Å²) in [6, 6.07) is 6.32. The van der Waals surface area contributed by atoms with Gasteiger partial charge < -0.3 is 11.1 Å². The van der Waals surface area contributed by atoms with Gasteiger partial charge in [0.25, 0.3) is 0 Å². The Balaban J connectivity index is 2.28. The fourth-order valence-corrected chi connectivity index (χ4v) is 1.09. The molecule has 0 saturated carbocycles. The molecule has 0 heterocycles. The second-order valence-electron chi connectivity index (χ2n) is 3.02. The molecule has 3 N–H and O–H groups in total. The van der Waals surface area contributed by atoms with Crippen LogP contribution in [0.4, 0.5) is 4.39 Å². The molecule has 14 heavy (non-hydrogen) atoms. The molecule has 0 spiro atoms. The summed E-state index contributed by atoms with van der Waals surface area (Å²) >= 11 is 0. The lowest BCUT2D eigenvalue weighted by Gasteiger charge is -2.03. The molecule has 1 aromatic carbocycles. The van der Waals surface area contributed by atoms with Crippen molar-refractivity contribution in [3.63, 3.8) is 0 Å². The van der Waals surface area contributed by atoms with Crippen LogP contribution in [0.1, 0.15) is 12.0 Å². The number of halogens is 1. The van der Waals surface area contributed by atoms with Crippen molar-refractivity contribution in [2.75, 3.05) is 6.54 Å². The van der Waals surface area contributed by atoms with Crippen LogP contribution in [0.3, 0.4) is 0 Å². The van der Waals surface area contributed by atoms with Crippen molar-refractivity contribution in [2.24, 2.45) is 5.73 Å². The topological polar surface area (TPSA) is 55.1 Å². The normalized spacial score (nSPS) is 10.1. The highest BCUT2D eigenvalue weighted by molar-refractivity contribution is 5.73. The van der Waals surface area contributed by atoms with E-state index in [4.69, 9.17) is 5.73 Å². The molecule has 1 aromatic rings. The molecule has 0 unspecified atom stereocenters. The highest BCUT2D eigenvalue weighted by Gasteiger charge is 1.96. The van der Waals surface area contributed by atoms with Gasteiger partial charge in [0.05, 0.1) is 0 Å². The Labute approximate surface area is 82.1 Å². The van der Waals surface area contributed by atoms with Crippen LogP contribution in [-0.4, -0.2) is 12.5 Å². The molecule has 0 atom stereocenters. The Hall–Kier alpha value is -1.42. The third-order valence-electron chi connectivity index (χ3n) is 1.77. The van der Waals surface area contributed by atoms with Crippen LogP contribution in [0, 0.1) is 5.82 Å². The molecular weight excluding hydrogens is 183 g/mol. The van der Waals surface area contributed by atoms with Gasteiger partial charge in [0.1, 0.15) is 5.82 Å². The number of nitrogens with two attached hydrogens (primary N) is 1. The van der Waals surface area contributed by atoms with E-state index in [1.807, 2.05) is 6.07 Å². The monoisotopic (exact) mass is 196 g/mol. The number of hydrogen-bond acceptors (Lipinski definition) is 2. The Morgan fingerprint density at radius 1 is 1.50 bits per heavy atom. The summed E-state index contributed by atoms with van der Waals surface area (Å²) in [5.41, 5.74) is 5.81. The van der Waals surface area contributed by atoms with Crippen LogP contribution >= 0.6 is 0 Å². The average Bonchev–Trinajstić information content (AvgIpc) is 2.12. The van der Waals surface area contributed by atoms with Gasteiger partial charge in [0.2, 0.25) is 5.91 Å². The van der Waals surface area contributed by atoms with Crippen molar-refractivity contribution in [1.82, 2.24) is 5.32 Å². The zero-order chi connectivity index (χ0) is 10.4. The highest BCUT2D eigenvalue weighted by Crippen LogP contribution is 2.02. The first kappa shape index (κ1) is 10.7. The van der Waals surface area contributed by atoms with Gasteiger partial charge in [-0.1, -0.05) is 12.1 Å². The van der Waals surface area contributed by atoms with Gasteiger partial charge in [0.15, 0.2) is 0 Å². The van der Waals surface area contributed by atoms with Gasteiger partial charge >= 0.3 is 0 Å². The van der Waals surface area contributed by atoms with Gasteiger partial charge in [-0.15, -0.1) is 0 Å². The number of nitrogens with one attached hydrogen (secondary N) is 1. The number of carbonyl (C=O) groups is 1. The molecule has 76 valence electrons. The summed E-state index contributed by atoms with van der Waals surface area (Å²) in [4.78, 5) is 10.4. The molecule has 0 bridgehead atoms. The number of rotatable bonds is 5. The minimum atomic E-state index is -0.336. The van der Waals surface area contributed by atoms with E-state index in [-0.39, 0.29) is 11.7 Å². The number of carbonyl (C=O) groups excluding carboxylic acids is 1. The largest absolute Gasteiger partial charge is 0.370 e. The van der Waals surface area contributed by atoms with E-state index in [2.05, 4.69) is 5.32 Å². The molecule has 0 saturated heterocycles. The summed E-state index contributed by atoms with van der Waals surface area (Å²) in [5, 5.41) is 2.99. The molecule has 4 heteroatoms. The zero-order valence-electron chi connectivity index (χ0n) is 7.79. The van der Waals surface area contributed by atoms with Crippen LogP contribution in [-0.2, 0) is 11.3 Å². The molecule has 0 radical (unpaired) electrons. The summed E-state index contributed by atoms with van der Waals surface area (Å²) in [5.74, 6) is -0.587. The Morgan fingerprint density at radius 2 is 2.29 bits per heavy atom. The standard InChI is InChI=1S/C10H13FN2O/c11-9-3-1-2-8(6-9)7-13-5-4-10(12)14/h1-3,6,13H,4-5,7H2,(H2,12,14). The van der Waals surface area contributed by atoms with Gasteiger partial charge in [0, 0.05) is 19.5 Å². The van der Waals surface area contributed by atoms with Gasteiger partial charge in [-0.2, -0.15) is 0 Å². The second kappa shape index (κ2) is 5.34. The summed E-state index contributed by atoms with van der Waals surface area (Å²) in [7, 11) is 0. The third kappa shape index (κ3) is 4.00. The molecule has 0 aliphatic rings. The SMILES string of the molecule is NC(=O)CCNCc1cccc(F)c1. The van der Waals surface area contributed by atoms with Gasteiger partial charge in [-0.25, -0.2) is 4.39 Å². The van der Waals surface area contributed by atoms with Crippen molar-refractivity contribution in [3.05, 3.63) is 35.6 Å². The highest BCUT2D eigenvalue weighted by atomic mass is 19.1. The quantitative estimate of drug-likeness (QED) is 0.684. The summed E-state index contributed by atoms with van der Waals surface area (Å²) in [6.45, 7) is 1.07. The van der Waals surface area contributed by atoms with E-state index >= 15 is 0 Å². The van der Waals surface area contributed by atoms with Crippen molar-refractivity contribution in [1.29, 1.82) is 0 Å². The first-order chi connectivity index (χ1) is 6.68. The van der Waals surface area contributed by atoms with Crippen molar-refractivity contribution in [2.45, 2.75) is 13.0 Å². The molecule has 0 fully saturated rings. The fourth-order valence-electron chi connectivity index (χ4n) is 1.09. The van der Waals surface area contributed by atoms with Crippen molar-refractivity contribution < 1.29 is 9.18 Å². The van der Waals surface area contributed by atoms with Crippen LogP contribution < -0.4 is 11.1 Å². The lowest BCUT2D eigenvalue weighted by Crippen LogP contribution is -2.21. The van der Waals surface area contributed by atoms with Crippen molar-refractivity contribution in [3.8, 4) is 0 Å². The number of hydrogen-bond donors (Lipinski definition) is 2. The number of benzene rings is 1. The molecule has 1 amide bonds. The van der Waals surface area contributed by atoms with Crippen LogP contribution in [0.2, 0.25) is 0 Å². The summed E-state index contributed by atoms with van der Waals surface area (Å²) in [6.07, 6.45) is 0.301. The van der Waals surface area contributed by atoms with Gasteiger partial charge in [-0.3, -0.25) is 4.79 Å². The van der Waals surface area contributed by atoms with Crippen LogP contribution in [0.15, 0.2) is 24.3 Å². The number of primary amides is 1. The predicted octanol–water partition coefficient (Wildman–Crippen LogP) is 0.791. The zero-order valence-corrected chi connectivity index (χ0v) is 7.79. The third-order valence-corrected chi connectivity index (χ3v) is 1.77. The van der Waals surface area contributed by atoms with E-state index in [0.717, 1.165) is 5.56 Å². The molecule has 0 aromatic heterocycles. The van der Waals surface area contributed by atoms with Gasteiger partial charge in [-0.05, 0) is 17.7 Å². The van der Waals surface area contributed by atoms with E-state index in [1.165, 1.54) is 12.1 Å². The van der Waals surface area contributed by atoms with E-state index in [0.29, 0.717) is 19.5 Å². The molecule has 0 aliphatic heterocycles. The number of amides is 1. The average molecular weight is 196 g/mol. The molecule has 3 nitrogen and oxygen atoms in total. The van der Waals surface area contributed by atoms with E-state index < -0.39 is 0 Å². The molecule has 1 rings (SSSR count). The van der Waals surface area contributed by atoms with Crippen LogP contribution in [0.5, 0.6) is 0 Å². The minimum absolute atomic E-state index is 0.251. The van der Waals surface area contributed by atoms with Crippen molar-refractivity contribution >= 4 is 5.91 Å². The lowest BCUT2D eigenvalue weighted by atomic mass is 10.2. The lowest BCUT2D eigenvalue weighted by molar-refractivity contribution is -0.117. The minimum Gasteiger partial charge on any atom is -0.370 e. The van der Waals surface area contributed by atoms with E-state index in [1.54, 1.807) is 6.07 Å². The Kier molecular flexibility index (Phi) is 4.07. The Bertz CT molecular complexity index is 315. The molecule has 0 aliphatic carbocycles. The first-order valence-corrected chi connectivity index (χ1v) is 4.42. The Morgan fingerprint density at radius 3 is 2.93 bits per heavy atom. The van der Waals surface area contributed by atoms with Crippen LogP contribution in [0.25, 0.3) is 0 Å².